The Morgan fingerprint density at radius 3 is 2.47 bits per heavy atom. The molecule has 0 bridgehead atoms. The minimum absolute atomic E-state index is 0.0768. The minimum atomic E-state index is -0.512. The van der Waals surface area contributed by atoms with Gasteiger partial charge in [-0.3, -0.25) is 19.9 Å². The fourth-order valence-corrected chi connectivity index (χ4v) is 4.46. The van der Waals surface area contributed by atoms with Crippen LogP contribution < -0.4 is 5.32 Å². The lowest BCUT2D eigenvalue weighted by molar-refractivity contribution is -0.123. The molecule has 0 aliphatic heterocycles. The topological polar surface area (TPSA) is 99.3 Å². The lowest BCUT2D eigenvalue weighted by atomic mass is 9.95. The highest BCUT2D eigenvalue weighted by Gasteiger charge is 2.21. The molecule has 0 radical (unpaired) electrons. The summed E-state index contributed by atoms with van der Waals surface area (Å²) < 4.78 is 14.6. The highest BCUT2D eigenvalue weighted by molar-refractivity contribution is 6.01. The number of pyridine rings is 2. The second-order valence-corrected chi connectivity index (χ2v) is 10.3. The van der Waals surface area contributed by atoms with E-state index >= 15 is 0 Å². The van der Waals surface area contributed by atoms with Gasteiger partial charge in [-0.05, 0) is 35.9 Å². The lowest BCUT2D eigenvalue weighted by Gasteiger charge is -2.17. The number of amides is 1. The molecule has 8 heteroatoms. The van der Waals surface area contributed by atoms with Crippen LogP contribution >= 0.6 is 0 Å². The molecule has 1 amide bonds. The Labute approximate surface area is 218 Å². The predicted octanol–water partition coefficient (Wildman–Crippen LogP) is 6.96. The number of hydrogen-bond donors (Lipinski definition) is 3. The molecule has 0 spiro atoms. The molecule has 38 heavy (non-hydrogen) atoms. The van der Waals surface area contributed by atoms with Crippen molar-refractivity contribution in [2.24, 2.45) is 5.41 Å². The molecule has 0 aliphatic carbocycles. The van der Waals surface area contributed by atoms with Crippen molar-refractivity contribution in [2.75, 3.05) is 5.32 Å². The number of fused-ring (bicyclic) bond motifs is 2. The monoisotopic (exact) mass is 504 g/mol. The third kappa shape index (κ3) is 4.20. The van der Waals surface area contributed by atoms with Gasteiger partial charge in [-0.15, -0.1) is 0 Å². The molecule has 0 saturated carbocycles. The molecule has 6 aromatic rings. The molecule has 6 rings (SSSR count). The average molecular weight is 505 g/mol. The number of nitrogens with zero attached hydrogens (tertiary/aromatic N) is 3. The average Bonchev–Trinajstić information content (AvgIpc) is 3.52. The number of aromatic nitrogens is 5. The van der Waals surface area contributed by atoms with E-state index in [9.17, 15) is 9.18 Å². The first-order valence-electron chi connectivity index (χ1n) is 12.2. The van der Waals surface area contributed by atoms with Gasteiger partial charge >= 0.3 is 0 Å². The number of carbonyl (C=O) groups is 1. The molecule has 188 valence electrons. The number of aromatic amines is 2. The third-order valence-electron chi connectivity index (χ3n) is 6.54. The highest BCUT2D eigenvalue weighted by Crippen LogP contribution is 2.35. The number of hydrogen-bond acceptors (Lipinski definition) is 4. The zero-order valence-corrected chi connectivity index (χ0v) is 21.1. The lowest BCUT2D eigenvalue weighted by Crippen LogP contribution is -2.27. The van der Waals surface area contributed by atoms with E-state index < -0.39 is 5.41 Å². The van der Waals surface area contributed by atoms with Crippen LogP contribution in [0.4, 0.5) is 10.1 Å². The Kier molecular flexibility index (Phi) is 5.52. The minimum Gasteiger partial charge on any atom is -0.352 e. The van der Waals surface area contributed by atoms with Crippen LogP contribution in [-0.4, -0.2) is 31.1 Å². The quantitative estimate of drug-likeness (QED) is 0.242. The van der Waals surface area contributed by atoms with Crippen molar-refractivity contribution in [2.45, 2.75) is 20.8 Å². The summed E-state index contributed by atoms with van der Waals surface area (Å²) >= 11 is 0. The molecule has 0 unspecified atom stereocenters. The summed E-state index contributed by atoms with van der Waals surface area (Å²) in [5.74, 6) is -0.374. The summed E-state index contributed by atoms with van der Waals surface area (Å²) in [5, 5.41) is 12.4. The zero-order chi connectivity index (χ0) is 26.4. The standard InChI is InChI=1S/C30H25FN6O/c1-30(2,3)29(38)34-19-10-18(13-32-14-19)17-8-9-25-22(11-17)28(37-36-25)26-12-21-23(15-33-16-27(21)35-26)20-6-4-5-7-24(20)31/h4-16,35H,1-3H3,(H,34,38)(H,36,37). The van der Waals surface area contributed by atoms with Gasteiger partial charge in [-0.1, -0.05) is 45.0 Å². The van der Waals surface area contributed by atoms with E-state index in [0.29, 0.717) is 16.8 Å². The summed E-state index contributed by atoms with van der Waals surface area (Å²) in [5.41, 5.74) is 6.33. The van der Waals surface area contributed by atoms with Crippen LogP contribution in [0.5, 0.6) is 0 Å². The molecule has 0 aliphatic rings. The van der Waals surface area contributed by atoms with Crippen molar-refractivity contribution < 1.29 is 9.18 Å². The van der Waals surface area contributed by atoms with Crippen LogP contribution in [0.2, 0.25) is 0 Å². The SMILES string of the molecule is CC(C)(C)C(=O)Nc1cncc(-c2ccc3[nH]nc(-c4cc5c(-c6ccccc6F)cncc5[nH]4)c3c2)c1. The van der Waals surface area contributed by atoms with Gasteiger partial charge in [-0.2, -0.15) is 5.10 Å². The van der Waals surface area contributed by atoms with E-state index in [1.807, 2.05) is 57.2 Å². The summed E-state index contributed by atoms with van der Waals surface area (Å²) in [7, 11) is 0. The predicted molar refractivity (Wildman–Crippen MR) is 148 cm³/mol. The van der Waals surface area contributed by atoms with E-state index in [1.54, 1.807) is 36.9 Å². The third-order valence-corrected chi connectivity index (χ3v) is 6.54. The smallest absolute Gasteiger partial charge is 0.229 e. The molecule has 2 aromatic carbocycles. The Hall–Kier alpha value is -4.85. The number of nitrogens with one attached hydrogen (secondary N) is 3. The van der Waals surface area contributed by atoms with Gasteiger partial charge in [-0.25, -0.2) is 4.39 Å². The number of H-pyrrole nitrogens is 2. The number of halogens is 1. The van der Waals surface area contributed by atoms with Crippen LogP contribution in [0, 0.1) is 11.2 Å². The Morgan fingerprint density at radius 1 is 0.842 bits per heavy atom. The van der Waals surface area contributed by atoms with Crippen molar-refractivity contribution in [3.8, 4) is 33.6 Å². The van der Waals surface area contributed by atoms with Crippen molar-refractivity contribution in [1.29, 1.82) is 0 Å². The van der Waals surface area contributed by atoms with Gasteiger partial charge in [0.1, 0.15) is 11.5 Å². The molecule has 7 nitrogen and oxygen atoms in total. The Bertz CT molecular complexity index is 1830. The van der Waals surface area contributed by atoms with Crippen LogP contribution in [0.3, 0.4) is 0 Å². The van der Waals surface area contributed by atoms with Crippen LogP contribution in [0.1, 0.15) is 20.8 Å². The molecule has 0 saturated heterocycles. The van der Waals surface area contributed by atoms with Gasteiger partial charge in [0.05, 0.1) is 34.8 Å². The van der Waals surface area contributed by atoms with Gasteiger partial charge in [0.15, 0.2) is 0 Å². The first kappa shape index (κ1) is 23.5. The molecule has 4 heterocycles. The number of carbonyl (C=O) groups excluding carboxylic acids is 1. The Morgan fingerprint density at radius 2 is 1.66 bits per heavy atom. The summed E-state index contributed by atoms with van der Waals surface area (Å²) in [4.78, 5) is 24.5. The van der Waals surface area contributed by atoms with Crippen molar-refractivity contribution in [3.05, 3.63) is 85.2 Å². The van der Waals surface area contributed by atoms with E-state index in [1.165, 1.54) is 6.07 Å². The maximum atomic E-state index is 14.6. The maximum absolute atomic E-state index is 14.6. The van der Waals surface area contributed by atoms with E-state index in [4.69, 9.17) is 0 Å². The normalized spacial score (nSPS) is 11.8. The molecule has 3 N–H and O–H groups in total. The summed E-state index contributed by atoms with van der Waals surface area (Å²) in [6.07, 6.45) is 6.81. The van der Waals surface area contributed by atoms with Gasteiger partial charge < -0.3 is 10.3 Å². The van der Waals surface area contributed by atoms with Crippen molar-refractivity contribution in [3.63, 3.8) is 0 Å². The van der Waals surface area contributed by atoms with Crippen LogP contribution in [-0.2, 0) is 4.79 Å². The van der Waals surface area contributed by atoms with Crippen LogP contribution in [0.15, 0.2) is 79.4 Å². The van der Waals surface area contributed by atoms with E-state index in [-0.39, 0.29) is 11.7 Å². The van der Waals surface area contributed by atoms with Crippen LogP contribution in [0.25, 0.3) is 55.4 Å². The first-order chi connectivity index (χ1) is 18.3. The molecule has 0 atom stereocenters. The highest BCUT2D eigenvalue weighted by atomic mass is 19.1. The number of anilines is 1. The summed E-state index contributed by atoms with van der Waals surface area (Å²) in [6.45, 7) is 5.61. The molecular weight excluding hydrogens is 479 g/mol. The van der Waals surface area contributed by atoms with Gasteiger partial charge in [0, 0.05) is 45.3 Å². The number of rotatable bonds is 4. The fourth-order valence-electron chi connectivity index (χ4n) is 4.46. The summed E-state index contributed by atoms with van der Waals surface area (Å²) in [6, 6.07) is 16.6. The number of benzene rings is 2. The largest absolute Gasteiger partial charge is 0.352 e. The van der Waals surface area contributed by atoms with Gasteiger partial charge in [0.2, 0.25) is 5.91 Å². The Balaban J connectivity index is 1.41. The molecule has 4 aromatic heterocycles. The molecular formula is C30H25FN6O. The van der Waals surface area contributed by atoms with Gasteiger partial charge in [0.25, 0.3) is 0 Å². The second-order valence-electron chi connectivity index (χ2n) is 10.3. The maximum Gasteiger partial charge on any atom is 0.229 e. The fraction of sp³-hybridized carbons (Fsp3) is 0.133. The molecule has 0 fully saturated rings. The zero-order valence-electron chi connectivity index (χ0n) is 21.1. The second kappa shape index (κ2) is 8.92. The van der Waals surface area contributed by atoms with Crippen molar-refractivity contribution in [1.82, 2.24) is 25.1 Å². The van der Waals surface area contributed by atoms with E-state index in [0.717, 1.165) is 44.3 Å². The van der Waals surface area contributed by atoms with E-state index in [2.05, 4.69) is 30.5 Å². The van der Waals surface area contributed by atoms with Crippen molar-refractivity contribution >= 4 is 33.4 Å². The first-order valence-corrected chi connectivity index (χ1v) is 12.2.